The molecular weight excluding hydrogens is 310 g/mol. The van der Waals surface area contributed by atoms with Gasteiger partial charge in [0.05, 0.1) is 11.1 Å². The molecule has 0 aliphatic carbocycles. The smallest absolute Gasteiger partial charge is 0.226 e. The van der Waals surface area contributed by atoms with Crippen molar-refractivity contribution in [2.24, 2.45) is 0 Å². The molecule has 0 amide bonds. The van der Waals surface area contributed by atoms with E-state index in [0.717, 1.165) is 16.8 Å². The maximum absolute atomic E-state index is 11.6. The van der Waals surface area contributed by atoms with Crippen LogP contribution in [0.1, 0.15) is 13.8 Å². The molecule has 2 aromatic heterocycles. The first-order valence-corrected chi connectivity index (χ1v) is 9.29. The summed E-state index contributed by atoms with van der Waals surface area (Å²) in [5.74, 6) is 1.21. The summed E-state index contributed by atoms with van der Waals surface area (Å²) in [7, 11) is -3.23. The monoisotopic (exact) mass is 329 g/mol. The van der Waals surface area contributed by atoms with Gasteiger partial charge in [0.15, 0.2) is 0 Å². The summed E-state index contributed by atoms with van der Waals surface area (Å²) in [4.78, 5) is 9.66. The Hall–Kier alpha value is -1.45. The number of hydrogen-bond donors (Lipinski definition) is 3. The van der Waals surface area contributed by atoms with Gasteiger partial charge in [-0.1, -0.05) is 6.92 Å². The Labute approximate surface area is 128 Å². The average Bonchev–Trinajstić information content (AvgIpc) is 2.87. The Morgan fingerprint density at radius 3 is 2.71 bits per heavy atom. The number of thiophene rings is 1. The van der Waals surface area contributed by atoms with E-state index in [9.17, 15) is 8.42 Å². The molecule has 2 aromatic rings. The Morgan fingerprint density at radius 1 is 1.19 bits per heavy atom. The third kappa shape index (κ3) is 4.26. The van der Waals surface area contributed by atoms with E-state index in [1.165, 1.54) is 11.3 Å². The highest BCUT2D eigenvalue weighted by atomic mass is 32.2. The standard InChI is InChI=1S/C12H19N5O2S2/c1-3-13-12-16-10(9-5-7-20-11(9)17-12)14-6-8-21(18,19)15-4-2/h5,7,15H,3-4,6,8H2,1-2H3,(H2,13,14,16,17). The number of hydrogen-bond acceptors (Lipinski definition) is 7. The molecule has 9 heteroatoms. The maximum atomic E-state index is 11.6. The van der Waals surface area contributed by atoms with Crippen molar-refractivity contribution in [1.29, 1.82) is 0 Å². The summed E-state index contributed by atoms with van der Waals surface area (Å²) in [5, 5.41) is 9.00. The van der Waals surface area contributed by atoms with Crippen molar-refractivity contribution in [2.45, 2.75) is 13.8 Å². The van der Waals surface area contributed by atoms with E-state index in [0.29, 0.717) is 24.9 Å². The molecule has 2 heterocycles. The first-order chi connectivity index (χ1) is 10.1. The van der Waals surface area contributed by atoms with Crippen molar-refractivity contribution in [3.05, 3.63) is 11.4 Å². The van der Waals surface area contributed by atoms with Gasteiger partial charge in [0.25, 0.3) is 0 Å². The molecule has 0 aliphatic heterocycles. The normalized spacial score (nSPS) is 11.7. The van der Waals surface area contributed by atoms with Gasteiger partial charge in [-0.15, -0.1) is 11.3 Å². The summed E-state index contributed by atoms with van der Waals surface area (Å²) in [6.45, 7) is 5.15. The zero-order chi connectivity index (χ0) is 15.3. The van der Waals surface area contributed by atoms with Crippen molar-refractivity contribution in [3.8, 4) is 0 Å². The van der Waals surface area contributed by atoms with E-state index in [1.54, 1.807) is 6.92 Å². The molecule has 0 spiro atoms. The van der Waals surface area contributed by atoms with E-state index in [2.05, 4.69) is 25.3 Å². The fourth-order valence-electron chi connectivity index (χ4n) is 1.82. The van der Waals surface area contributed by atoms with Crippen LogP contribution in [0.15, 0.2) is 11.4 Å². The molecular formula is C12H19N5O2S2. The lowest BCUT2D eigenvalue weighted by Crippen LogP contribution is -2.29. The number of nitrogens with one attached hydrogen (secondary N) is 3. The fraction of sp³-hybridized carbons (Fsp3) is 0.500. The maximum Gasteiger partial charge on any atom is 0.226 e. The van der Waals surface area contributed by atoms with Crippen molar-refractivity contribution in [1.82, 2.24) is 14.7 Å². The highest BCUT2D eigenvalue weighted by Crippen LogP contribution is 2.26. The number of nitrogens with zero attached hydrogens (tertiary/aromatic N) is 2. The number of anilines is 2. The van der Waals surface area contributed by atoms with Gasteiger partial charge < -0.3 is 10.6 Å². The molecule has 0 atom stereocenters. The summed E-state index contributed by atoms with van der Waals surface area (Å²) in [6.07, 6.45) is 0. The number of fused-ring (bicyclic) bond motifs is 1. The third-order valence-electron chi connectivity index (χ3n) is 2.69. The molecule has 0 saturated heterocycles. The summed E-state index contributed by atoms with van der Waals surface area (Å²) in [5.41, 5.74) is 0. The predicted octanol–water partition coefficient (Wildman–Crippen LogP) is 1.47. The first-order valence-electron chi connectivity index (χ1n) is 6.76. The minimum atomic E-state index is -3.23. The zero-order valence-electron chi connectivity index (χ0n) is 12.0. The third-order valence-corrected chi connectivity index (χ3v) is 4.96. The van der Waals surface area contributed by atoms with Gasteiger partial charge in [-0.3, -0.25) is 0 Å². The van der Waals surface area contributed by atoms with Gasteiger partial charge >= 0.3 is 0 Å². The second-order valence-corrected chi connectivity index (χ2v) is 7.13. The van der Waals surface area contributed by atoms with E-state index < -0.39 is 10.0 Å². The number of rotatable bonds is 8. The van der Waals surface area contributed by atoms with Crippen molar-refractivity contribution < 1.29 is 8.42 Å². The number of sulfonamides is 1. The molecule has 0 unspecified atom stereocenters. The molecule has 0 radical (unpaired) electrons. The Bertz CT molecular complexity index is 699. The lowest BCUT2D eigenvalue weighted by molar-refractivity contribution is 0.584. The Morgan fingerprint density at radius 2 is 2.00 bits per heavy atom. The van der Waals surface area contributed by atoms with Crippen LogP contribution in [-0.4, -0.2) is 43.8 Å². The van der Waals surface area contributed by atoms with E-state index in [-0.39, 0.29) is 5.75 Å². The lowest BCUT2D eigenvalue weighted by atomic mass is 10.4. The highest BCUT2D eigenvalue weighted by molar-refractivity contribution is 7.89. The fourth-order valence-corrected chi connectivity index (χ4v) is 3.54. The largest absolute Gasteiger partial charge is 0.368 e. The Kier molecular flexibility index (Phi) is 5.32. The van der Waals surface area contributed by atoms with Gasteiger partial charge in [0, 0.05) is 19.6 Å². The molecule has 21 heavy (non-hydrogen) atoms. The second kappa shape index (κ2) is 7.01. The van der Waals surface area contributed by atoms with Gasteiger partial charge in [0.2, 0.25) is 16.0 Å². The van der Waals surface area contributed by atoms with Crippen LogP contribution in [0.4, 0.5) is 11.8 Å². The zero-order valence-corrected chi connectivity index (χ0v) is 13.6. The molecule has 0 aliphatic rings. The van der Waals surface area contributed by atoms with Crippen LogP contribution in [0.25, 0.3) is 10.2 Å². The quantitative estimate of drug-likeness (QED) is 0.679. The minimum absolute atomic E-state index is 0.00696. The molecule has 3 N–H and O–H groups in total. The lowest BCUT2D eigenvalue weighted by Gasteiger charge is -2.09. The van der Waals surface area contributed by atoms with Gasteiger partial charge in [0.1, 0.15) is 10.6 Å². The topological polar surface area (TPSA) is 96.0 Å². The van der Waals surface area contributed by atoms with Crippen molar-refractivity contribution in [2.75, 3.05) is 36.0 Å². The van der Waals surface area contributed by atoms with E-state index in [4.69, 9.17) is 0 Å². The summed E-state index contributed by atoms with van der Waals surface area (Å²) >= 11 is 1.53. The molecule has 2 rings (SSSR count). The molecule has 0 fully saturated rings. The van der Waals surface area contributed by atoms with Crippen LogP contribution in [0.3, 0.4) is 0 Å². The Balaban J connectivity index is 2.12. The molecule has 0 saturated carbocycles. The van der Waals surface area contributed by atoms with Gasteiger partial charge in [-0.05, 0) is 18.4 Å². The average molecular weight is 329 g/mol. The van der Waals surface area contributed by atoms with E-state index in [1.807, 2.05) is 18.4 Å². The number of aromatic nitrogens is 2. The van der Waals surface area contributed by atoms with Crippen LogP contribution in [-0.2, 0) is 10.0 Å². The minimum Gasteiger partial charge on any atom is -0.368 e. The van der Waals surface area contributed by atoms with E-state index >= 15 is 0 Å². The second-order valence-electron chi connectivity index (χ2n) is 4.31. The van der Waals surface area contributed by atoms with Crippen LogP contribution in [0.2, 0.25) is 0 Å². The first kappa shape index (κ1) is 15.9. The van der Waals surface area contributed by atoms with Crippen molar-refractivity contribution >= 4 is 43.3 Å². The SMILES string of the molecule is CCNc1nc(NCCS(=O)(=O)NCC)c2ccsc2n1. The molecule has 0 bridgehead atoms. The molecule has 116 valence electrons. The highest BCUT2D eigenvalue weighted by Gasteiger charge is 2.11. The predicted molar refractivity (Wildman–Crippen MR) is 87.5 cm³/mol. The van der Waals surface area contributed by atoms with Crippen LogP contribution in [0, 0.1) is 0 Å². The van der Waals surface area contributed by atoms with Gasteiger partial charge in [-0.2, -0.15) is 4.98 Å². The van der Waals surface area contributed by atoms with Crippen molar-refractivity contribution in [3.63, 3.8) is 0 Å². The summed E-state index contributed by atoms with van der Waals surface area (Å²) < 4.78 is 25.7. The van der Waals surface area contributed by atoms with Crippen LogP contribution < -0.4 is 15.4 Å². The molecule has 7 nitrogen and oxygen atoms in total. The molecule has 0 aromatic carbocycles. The van der Waals surface area contributed by atoms with Crippen LogP contribution in [0.5, 0.6) is 0 Å². The summed E-state index contributed by atoms with van der Waals surface area (Å²) in [6, 6.07) is 1.93. The van der Waals surface area contributed by atoms with Gasteiger partial charge in [-0.25, -0.2) is 18.1 Å². The van der Waals surface area contributed by atoms with Crippen LogP contribution >= 0.6 is 11.3 Å².